The van der Waals surface area contributed by atoms with Gasteiger partial charge < -0.3 is 4.74 Å². The van der Waals surface area contributed by atoms with E-state index in [2.05, 4.69) is 11.2 Å². The Kier molecular flexibility index (Phi) is 3.94. The molecule has 0 aromatic rings. The molecule has 0 amide bonds. The molecular formula is C6H5F3O4S. The standard InChI is InChI=1S/C6H5F3O4S/c1-2-3-13-5(10)4-14(11,12)6(7,8)9/h1H,3-4H2. The molecule has 0 aliphatic rings. The van der Waals surface area contributed by atoms with E-state index in [1.165, 1.54) is 0 Å². The fraction of sp³-hybridized carbons (Fsp3) is 0.500. The van der Waals surface area contributed by atoms with E-state index >= 15 is 0 Å². The molecule has 0 rings (SSSR count). The molecule has 0 saturated heterocycles. The van der Waals surface area contributed by atoms with Crippen molar-refractivity contribution in [2.24, 2.45) is 0 Å². The van der Waals surface area contributed by atoms with Crippen molar-refractivity contribution in [2.45, 2.75) is 5.51 Å². The number of carbonyl (C=O) groups excluding carboxylic acids is 1. The number of terminal acetylenes is 1. The van der Waals surface area contributed by atoms with Gasteiger partial charge in [0.15, 0.2) is 12.4 Å². The molecule has 0 N–H and O–H groups in total. The highest BCUT2D eigenvalue weighted by Crippen LogP contribution is 2.23. The monoisotopic (exact) mass is 230 g/mol. The Morgan fingerprint density at radius 3 is 2.29 bits per heavy atom. The summed E-state index contributed by atoms with van der Waals surface area (Å²) < 4.78 is 59.7. The molecule has 0 aromatic carbocycles. The van der Waals surface area contributed by atoms with Crippen molar-refractivity contribution in [2.75, 3.05) is 12.4 Å². The van der Waals surface area contributed by atoms with Gasteiger partial charge in [-0.2, -0.15) is 13.2 Å². The van der Waals surface area contributed by atoms with Crippen LogP contribution in [0.15, 0.2) is 0 Å². The summed E-state index contributed by atoms with van der Waals surface area (Å²) in [4.78, 5) is 10.5. The Bertz CT molecular complexity index is 348. The molecule has 0 aliphatic carbocycles. The summed E-state index contributed by atoms with van der Waals surface area (Å²) in [6.45, 7) is -0.563. The van der Waals surface area contributed by atoms with Crippen LogP contribution in [-0.4, -0.2) is 32.3 Å². The second-order valence-corrected chi connectivity index (χ2v) is 4.05. The van der Waals surface area contributed by atoms with Crippen LogP contribution in [0.3, 0.4) is 0 Å². The maximum Gasteiger partial charge on any atom is 0.497 e. The molecule has 0 aliphatic heterocycles. The van der Waals surface area contributed by atoms with Crippen molar-refractivity contribution in [3.8, 4) is 12.3 Å². The number of ether oxygens (including phenoxy) is 1. The second kappa shape index (κ2) is 4.32. The van der Waals surface area contributed by atoms with Gasteiger partial charge in [-0.3, -0.25) is 4.79 Å². The molecule has 0 spiro atoms. The highest BCUT2D eigenvalue weighted by atomic mass is 32.2. The van der Waals surface area contributed by atoms with Gasteiger partial charge in [0.2, 0.25) is 0 Å². The molecule has 0 saturated carbocycles. The van der Waals surface area contributed by atoms with Crippen LogP contribution in [0, 0.1) is 12.3 Å². The van der Waals surface area contributed by atoms with Gasteiger partial charge in [0.25, 0.3) is 9.84 Å². The Labute approximate surface area is 78.0 Å². The Morgan fingerprint density at radius 1 is 1.43 bits per heavy atom. The molecule has 0 heterocycles. The van der Waals surface area contributed by atoms with Gasteiger partial charge in [-0.25, -0.2) is 8.42 Å². The number of rotatable bonds is 3. The van der Waals surface area contributed by atoms with Gasteiger partial charge in [0.05, 0.1) is 0 Å². The van der Waals surface area contributed by atoms with Crippen LogP contribution in [-0.2, 0) is 19.4 Å². The molecule has 0 aromatic heterocycles. The molecule has 0 radical (unpaired) electrons. The zero-order valence-corrected chi connectivity index (χ0v) is 7.48. The van der Waals surface area contributed by atoms with Crippen LogP contribution in [0.5, 0.6) is 0 Å². The average molecular weight is 230 g/mol. The summed E-state index contributed by atoms with van der Waals surface area (Å²) >= 11 is 0. The first-order chi connectivity index (χ1) is 6.20. The smallest absolute Gasteiger partial charge is 0.452 e. The van der Waals surface area contributed by atoms with E-state index in [4.69, 9.17) is 0 Å². The Balaban J connectivity index is 4.41. The van der Waals surface area contributed by atoms with E-state index in [-0.39, 0.29) is 0 Å². The quantitative estimate of drug-likeness (QED) is 0.509. The molecule has 14 heavy (non-hydrogen) atoms. The lowest BCUT2D eigenvalue weighted by Gasteiger charge is -2.06. The predicted molar refractivity (Wildman–Crippen MR) is 39.6 cm³/mol. The van der Waals surface area contributed by atoms with Crippen molar-refractivity contribution in [1.29, 1.82) is 0 Å². The lowest BCUT2D eigenvalue weighted by molar-refractivity contribution is -0.139. The minimum absolute atomic E-state index is 0.563. The third-order valence-electron chi connectivity index (χ3n) is 0.977. The summed E-state index contributed by atoms with van der Waals surface area (Å²) in [6, 6.07) is 0. The van der Waals surface area contributed by atoms with Crippen molar-refractivity contribution >= 4 is 15.8 Å². The average Bonchev–Trinajstić information content (AvgIpc) is 1.97. The van der Waals surface area contributed by atoms with Gasteiger partial charge in [-0.1, -0.05) is 5.92 Å². The second-order valence-electron chi connectivity index (χ2n) is 2.07. The summed E-state index contributed by atoms with van der Waals surface area (Å²) in [5, 5.41) is 0. The molecule has 8 heteroatoms. The minimum atomic E-state index is -5.47. The molecule has 0 bridgehead atoms. The van der Waals surface area contributed by atoms with Crippen LogP contribution in [0.4, 0.5) is 13.2 Å². The van der Waals surface area contributed by atoms with E-state index in [1.807, 2.05) is 0 Å². The maximum atomic E-state index is 11.7. The first-order valence-electron chi connectivity index (χ1n) is 3.09. The lowest BCUT2D eigenvalue weighted by Crippen LogP contribution is -2.30. The summed E-state index contributed by atoms with van der Waals surface area (Å²) in [5.41, 5.74) is -5.46. The van der Waals surface area contributed by atoms with Crippen LogP contribution >= 0.6 is 0 Å². The summed E-state index contributed by atoms with van der Waals surface area (Å²) in [5.74, 6) is -1.48. The fourth-order valence-electron chi connectivity index (χ4n) is 0.401. The van der Waals surface area contributed by atoms with Crippen molar-refractivity contribution < 1.29 is 31.1 Å². The molecule has 0 fully saturated rings. The Morgan fingerprint density at radius 2 is 1.93 bits per heavy atom. The summed E-state index contributed by atoms with van der Waals surface area (Å²) in [6.07, 6.45) is 4.63. The number of esters is 1. The van der Waals surface area contributed by atoms with Crippen molar-refractivity contribution in [1.82, 2.24) is 0 Å². The highest BCUT2D eigenvalue weighted by molar-refractivity contribution is 7.92. The maximum absolute atomic E-state index is 11.7. The molecule has 0 unspecified atom stereocenters. The first-order valence-corrected chi connectivity index (χ1v) is 4.74. The van der Waals surface area contributed by atoms with Crippen LogP contribution in [0.1, 0.15) is 0 Å². The topological polar surface area (TPSA) is 60.4 Å². The molecular weight excluding hydrogens is 225 g/mol. The zero-order chi connectivity index (χ0) is 11.4. The number of sulfone groups is 1. The Hall–Kier alpha value is -1.23. The lowest BCUT2D eigenvalue weighted by atomic mass is 10.7. The van der Waals surface area contributed by atoms with E-state index < -0.39 is 33.7 Å². The van der Waals surface area contributed by atoms with Crippen LogP contribution in [0.2, 0.25) is 0 Å². The van der Waals surface area contributed by atoms with E-state index in [0.717, 1.165) is 0 Å². The van der Waals surface area contributed by atoms with E-state index in [1.54, 1.807) is 5.92 Å². The van der Waals surface area contributed by atoms with Gasteiger partial charge in [0.1, 0.15) is 0 Å². The molecule has 4 nitrogen and oxygen atoms in total. The zero-order valence-electron chi connectivity index (χ0n) is 6.67. The van der Waals surface area contributed by atoms with Gasteiger partial charge in [-0.15, -0.1) is 6.42 Å². The largest absolute Gasteiger partial charge is 0.497 e. The third-order valence-corrected chi connectivity index (χ3v) is 2.30. The van der Waals surface area contributed by atoms with Gasteiger partial charge in [-0.05, 0) is 0 Å². The van der Waals surface area contributed by atoms with Crippen molar-refractivity contribution in [3.05, 3.63) is 0 Å². The number of carbonyl (C=O) groups is 1. The van der Waals surface area contributed by atoms with E-state index in [0.29, 0.717) is 0 Å². The number of hydrogen-bond donors (Lipinski definition) is 0. The van der Waals surface area contributed by atoms with Crippen LogP contribution in [0.25, 0.3) is 0 Å². The fourth-order valence-corrected chi connectivity index (χ4v) is 0.958. The molecule has 80 valence electrons. The first kappa shape index (κ1) is 12.8. The third kappa shape index (κ3) is 3.66. The van der Waals surface area contributed by atoms with Gasteiger partial charge >= 0.3 is 11.5 Å². The van der Waals surface area contributed by atoms with Crippen LogP contribution < -0.4 is 0 Å². The number of hydrogen-bond acceptors (Lipinski definition) is 4. The minimum Gasteiger partial charge on any atom is -0.452 e. The summed E-state index contributed by atoms with van der Waals surface area (Å²) in [7, 11) is -5.47. The van der Waals surface area contributed by atoms with E-state index in [9.17, 15) is 26.4 Å². The normalized spacial score (nSPS) is 11.9. The van der Waals surface area contributed by atoms with Gasteiger partial charge in [0, 0.05) is 0 Å². The highest BCUT2D eigenvalue weighted by Gasteiger charge is 2.47. The SMILES string of the molecule is C#CCOC(=O)CS(=O)(=O)C(F)(F)F. The predicted octanol–water partition coefficient (Wildman–Crippen LogP) is 0.0974. The van der Waals surface area contributed by atoms with Crippen molar-refractivity contribution in [3.63, 3.8) is 0 Å². The molecule has 0 atom stereocenters. The number of halogens is 3. The number of alkyl halides is 3.